The van der Waals surface area contributed by atoms with Crippen molar-refractivity contribution in [2.75, 3.05) is 11.5 Å². The minimum Gasteiger partial charge on any atom is -0.481 e. The van der Waals surface area contributed by atoms with Crippen molar-refractivity contribution in [1.29, 1.82) is 0 Å². The first kappa shape index (κ1) is 23.3. The van der Waals surface area contributed by atoms with Gasteiger partial charge in [0.15, 0.2) is 15.9 Å². The van der Waals surface area contributed by atoms with E-state index in [1.807, 2.05) is 55.5 Å². The number of carbonyl (C=O) groups excluding carboxylic acids is 1. The van der Waals surface area contributed by atoms with E-state index in [0.717, 1.165) is 11.1 Å². The molecule has 6 heteroatoms. The van der Waals surface area contributed by atoms with Gasteiger partial charge in [0.25, 0.3) is 5.91 Å². The highest BCUT2D eigenvalue weighted by Gasteiger charge is 2.36. The highest BCUT2D eigenvalue weighted by atomic mass is 32.2. The maximum absolute atomic E-state index is 13.3. The van der Waals surface area contributed by atoms with Gasteiger partial charge in [-0.3, -0.25) is 4.79 Å². The Kier molecular flexibility index (Phi) is 6.79. The molecule has 0 radical (unpaired) electrons. The molecule has 1 fully saturated rings. The number of benzene rings is 2. The van der Waals surface area contributed by atoms with Gasteiger partial charge in [-0.05, 0) is 48.9 Å². The molecular formula is C25H33NO4S. The molecule has 0 spiro atoms. The summed E-state index contributed by atoms with van der Waals surface area (Å²) in [4.78, 5) is 15.0. The molecule has 168 valence electrons. The first-order chi connectivity index (χ1) is 14.4. The molecule has 2 atom stereocenters. The first-order valence-electron chi connectivity index (χ1n) is 10.8. The summed E-state index contributed by atoms with van der Waals surface area (Å²) in [6, 6.07) is 15.4. The number of ether oxygens (including phenoxy) is 1. The zero-order valence-electron chi connectivity index (χ0n) is 19.1. The standard InChI is InChI=1S/C25H33NO4S/c1-18-6-8-20(9-7-18)16-26(22-14-15-31(28,29)17-22)24(27)19(2)30-23-12-10-21(11-13-23)25(3,4)5/h6-13,19,22H,14-17H2,1-5H3. The van der Waals surface area contributed by atoms with E-state index >= 15 is 0 Å². The summed E-state index contributed by atoms with van der Waals surface area (Å²) in [5.41, 5.74) is 3.35. The third kappa shape index (κ3) is 6.10. The molecule has 0 N–H and O–H groups in total. The third-order valence-corrected chi connectivity index (χ3v) is 7.54. The number of carbonyl (C=O) groups is 1. The van der Waals surface area contributed by atoms with Gasteiger partial charge in [0.1, 0.15) is 5.75 Å². The lowest BCUT2D eigenvalue weighted by atomic mass is 9.87. The normalized spacial score (nSPS) is 19.1. The number of hydrogen-bond acceptors (Lipinski definition) is 4. The fourth-order valence-electron chi connectivity index (χ4n) is 3.82. The van der Waals surface area contributed by atoms with Gasteiger partial charge in [-0.2, -0.15) is 0 Å². The van der Waals surface area contributed by atoms with Crippen LogP contribution >= 0.6 is 0 Å². The summed E-state index contributed by atoms with van der Waals surface area (Å²) in [5.74, 6) is 0.571. The number of rotatable bonds is 6. The van der Waals surface area contributed by atoms with Crippen molar-refractivity contribution < 1.29 is 17.9 Å². The van der Waals surface area contributed by atoms with Crippen LogP contribution in [0.5, 0.6) is 5.75 Å². The Balaban J connectivity index is 1.77. The van der Waals surface area contributed by atoms with Crippen LogP contribution in [0.2, 0.25) is 0 Å². The van der Waals surface area contributed by atoms with Crippen LogP contribution in [-0.4, -0.2) is 42.9 Å². The van der Waals surface area contributed by atoms with Crippen LogP contribution in [0.1, 0.15) is 50.8 Å². The van der Waals surface area contributed by atoms with E-state index in [9.17, 15) is 13.2 Å². The quantitative estimate of drug-likeness (QED) is 0.669. The summed E-state index contributed by atoms with van der Waals surface area (Å²) in [6.07, 6.45) is -0.248. The second-order valence-electron chi connectivity index (χ2n) is 9.54. The van der Waals surface area contributed by atoms with Gasteiger partial charge in [-0.25, -0.2) is 8.42 Å². The summed E-state index contributed by atoms with van der Waals surface area (Å²) in [7, 11) is -3.11. The van der Waals surface area contributed by atoms with Crippen LogP contribution < -0.4 is 4.74 Å². The molecule has 2 unspecified atom stereocenters. The molecule has 1 saturated heterocycles. The van der Waals surface area contributed by atoms with Crippen LogP contribution in [0.25, 0.3) is 0 Å². The maximum Gasteiger partial charge on any atom is 0.263 e. The van der Waals surface area contributed by atoms with E-state index in [2.05, 4.69) is 20.8 Å². The number of aryl methyl sites for hydroxylation is 1. The van der Waals surface area contributed by atoms with E-state index in [0.29, 0.717) is 18.7 Å². The second kappa shape index (κ2) is 9.03. The van der Waals surface area contributed by atoms with Crippen LogP contribution in [-0.2, 0) is 26.6 Å². The molecule has 1 aliphatic rings. The number of hydrogen-bond donors (Lipinski definition) is 0. The maximum atomic E-state index is 13.3. The SMILES string of the molecule is Cc1ccc(CN(C(=O)C(C)Oc2ccc(C(C)(C)C)cc2)C2CCS(=O)(=O)C2)cc1. The van der Waals surface area contributed by atoms with Gasteiger partial charge in [0, 0.05) is 12.6 Å². The monoisotopic (exact) mass is 443 g/mol. The molecule has 5 nitrogen and oxygen atoms in total. The molecule has 31 heavy (non-hydrogen) atoms. The van der Waals surface area contributed by atoms with Gasteiger partial charge in [0.2, 0.25) is 0 Å². The molecule has 3 rings (SSSR count). The van der Waals surface area contributed by atoms with Crippen molar-refractivity contribution in [3.8, 4) is 5.75 Å². The van der Waals surface area contributed by atoms with Crippen molar-refractivity contribution in [3.05, 3.63) is 65.2 Å². The smallest absolute Gasteiger partial charge is 0.263 e. The Morgan fingerprint density at radius 1 is 1.10 bits per heavy atom. The lowest BCUT2D eigenvalue weighted by molar-refractivity contribution is -0.140. The predicted molar refractivity (Wildman–Crippen MR) is 124 cm³/mol. The largest absolute Gasteiger partial charge is 0.481 e. The molecular weight excluding hydrogens is 410 g/mol. The van der Waals surface area contributed by atoms with E-state index in [1.54, 1.807) is 11.8 Å². The Labute approximate surface area is 186 Å². The topological polar surface area (TPSA) is 63.7 Å². The second-order valence-corrected chi connectivity index (χ2v) is 11.8. The van der Waals surface area contributed by atoms with Crippen LogP contribution in [0.3, 0.4) is 0 Å². The molecule has 2 aromatic carbocycles. The summed E-state index contributed by atoms with van der Waals surface area (Å²) < 4.78 is 30.1. The number of nitrogens with zero attached hydrogens (tertiary/aromatic N) is 1. The molecule has 1 heterocycles. The van der Waals surface area contributed by atoms with E-state index in [-0.39, 0.29) is 28.9 Å². The fraction of sp³-hybridized carbons (Fsp3) is 0.480. The van der Waals surface area contributed by atoms with Gasteiger partial charge >= 0.3 is 0 Å². The van der Waals surface area contributed by atoms with E-state index < -0.39 is 15.9 Å². The molecule has 2 aromatic rings. The summed E-state index contributed by atoms with van der Waals surface area (Å²) >= 11 is 0. The summed E-state index contributed by atoms with van der Waals surface area (Å²) in [6.45, 7) is 10.5. The lowest BCUT2D eigenvalue weighted by Crippen LogP contribution is -2.46. The molecule has 1 aliphatic heterocycles. The van der Waals surface area contributed by atoms with Gasteiger partial charge in [0.05, 0.1) is 11.5 Å². The zero-order chi connectivity index (χ0) is 22.8. The van der Waals surface area contributed by atoms with Crippen LogP contribution in [0.15, 0.2) is 48.5 Å². The highest BCUT2D eigenvalue weighted by Crippen LogP contribution is 2.26. The lowest BCUT2D eigenvalue weighted by Gasteiger charge is -2.31. The zero-order valence-corrected chi connectivity index (χ0v) is 19.9. The summed E-state index contributed by atoms with van der Waals surface area (Å²) in [5, 5.41) is 0. The molecule has 0 bridgehead atoms. The van der Waals surface area contributed by atoms with Gasteiger partial charge in [-0.1, -0.05) is 62.7 Å². The van der Waals surface area contributed by atoms with E-state index in [1.165, 1.54) is 5.56 Å². The molecule has 1 amide bonds. The fourth-order valence-corrected chi connectivity index (χ4v) is 5.55. The average molecular weight is 444 g/mol. The van der Waals surface area contributed by atoms with Gasteiger partial charge in [-0.15, -0.1) is 0 Å². The average Bonchev–Trinajstić information content (AvgIpc) is 3.06. The van der Waals surface area contributed by atoms with Crippen LogP contribution in [0, 0.1) is 6.92 Å². The van der Waals surface area contributed by atoms with Crippen LogP contribution in [0.4, 0.5) is 0 Å². The van der Waals surface area contributed by atoms with Crippen molar-refractivity contribution in [2.24, 2.45) is 0 Å². The highest BCUT2D eigenvalue weighted by molar-refractivity contribution is 7.91. The molecule has 0 aliphatic carbocycles. The Morgan fingerprint density at radius 2 is 1.71 bits per heavy atom. The molecule has 0 aromatic heterocycles. The Morgan fingerprint density at radius 3 is 2.23 bits per heavy atom. The predicted octanol–water partition coefficient (Wildman–Crippen LogP) is 4.28. The van der Waals surface area contributed by atoms with Crippen molar-refractivity contribution in [2.45, 2.75) is 65.1 Å². The van der Waals surface area contributed by atoms with Crippen molar-refractivity contribution >= 4 is 15.7 Å². The Hall–Kier alpha value is -2.34. The van der Waals surface area contributed by atoms with Gasteiger partial charge < -0.3 is 9.64 Å². The Bertz CT molecular complexity index is 1000. The minimum absolute atomic E-state index is 0.0115. The van der Waals surface area contributed by atoms with Crippen molar-refractivity contribution in [3.63, 3.8) is 0 Å². The number of amides is 1. The first-order valence-corrected chi connectivity index (χ1v) is 12.6. The molecule has 0 saturated carbocycles. The third-order valence-electron chi connectivity index (χ3n) is 5.79. The number of sulfone groups is 1. The van der Waals surface area contributed by atoms with Crippen molar-refractivity contribution in [1.82, 2.24) is 4.90 Å². The van der Waals surface area contributed by atoms with E-state index in [4.69, 9.17) is 4.74 Å². The minimum atomic E-state index is -3.11.